The third kappa shape index (κ3) is 4.63. The maximum Gasteiger partial charge on any atom is 0.387 e. The molecule has 106 valence electrons. The van der Waals surface area contributed by atoms with Gasteiger partial charge in [-0.1, -0.05) is 0 Å². The Labute approximate surface area is 113 Å². The minimum Gasteiger partial charge on any atom is -0.466 e. The summed E-state index contributed by atoms with van der Waals surface area (Å²) in [6, 6.07) is 1.96. The van der Waals surface area contributed by atoms with Gasteiger partial charge in [0.1, 0.15) is 11.6 Å². The standard InChI is InChI=1S/C12H12ClF3O3/c1-2-18-11(17)4-7-3-8(19-12(15)16)5-10(14)9(7)6-13/h3,5,12H,2,4,6H2,1H3. The van der Waals surface area contributed by atoms with E-state index in [9.17, 15) is 18.0 Å². The fraction of sp³-hybridized carbons (Fsp3) is 0.417. The molecule has 0 aliphatic rings. The predicted octanol–water partition coefficient (Wildman–Crippen LogP) is 3.27. The zero-order valence-corrected chi connectivity index (χ0v) is 10.8. The van der Waals surface area contributed by atoms with E-state index in [0.29, 0.717) is 0 Å². The van der Waals surface area contributed by atoms with Crippen molar-refractivity contribution < 1.29 is 27.4 Å². The highest BCUT2D eigenvalue weighted by atomic mass is 35.5. The number of benzene rings is 1. The number of carbonyl (C=O) groups is 1. The summed E-state index contributed by atoms with van der Waals surface area (Å²) in [5.41, 5.74) is 0.237. The maximum absolute atomic E-state index is 13.6. The van der Waals surface area contributed by atoms with Crippen molar-refractivity contribution in [3.63, 3.8) is 0 Å². The molecule has 0 saturated carbocycles. The second-order valence-corrected chi connectivity index (χ2v) is 3.80. The SMILES string of the molecule is CCOC(=O)Cc1cc(OC(F)F)cc(F)c1CCl. The summed E-state index contributed by atoms with van der Waals surface area (Å²) in [7, 11) is 0. The number of alkyl halides is 3. The van der Waals surface area contributed by atoms with Gasteiger partial charge in [-0.2, -0.15) is 8.78 Å². The van der Waals surface area contributed by atoms with Crippen LogP contribution in [0.15, 0.2) is 12.1 Å². The van der Waals surface area contributed by atoms with Crippen LogP contribution in [0.1, 0.15) is 18.1 Å². The van der Waals surface area contributed by atoms with Crippen LogP contribution in [0, 0.1) is 5.82 Å². The van der Waals surface area contributed by atoms with Crippen molar-refractivity contribution in [2.45, 2.75) is 25.8 Å². The van der Waals surface area contributed by atoms with Crippen molar-refractivity contribution in [2.24, 2.45) is 0 Å². The van der Waals surface area contributed by atoms with Crippen molar-refractivity contribution in [3.8, 4) is 5.75 Å². The molecule has 0 aliphatic carbocycles. The summed E-state index contributed by atoms with van der Waals surface area (Å²) >= 11 is 5.57. The van der Waals surface area contributed by atoms with E-state index in [0.717, 1.165) is 12.1 Å². The molecular weight excluding hydrogens is 285 g/mol. The fourth-order valence-corrected chi connectivity index (χ4v) is 1.81. The van der Waals surface area contributed by atoms with Gasteiger partial charge in [0.15, 0.2) is 0 Å². The lowest BCUT2D eigenvalue weighted by atomic mass is 10.0. The summed E-state index contributed by atoms with van der Waals surface area (Å²) in [6.07, 6.45) is -0.257. The highest BCUT2D eigenvalue weighted by Crippen LogP contribution is 2.25. The molecule has 3 nitrogen and oxygen atoms in total. The van der Waals surface area contributed by atoms with E-state index in [4.69, 9.17) is 16.3 Å². The van der Waals surface area contributed by atoms with Gasteiger partial charge in [-0.05, 0) is 18.6 Å². The van der Waals surface area contributed by atoms with Crippen LogP contribution in [0.5, 0.6) is 5.75 Å². The Kier molecular flexibility index (Phi) is 5.95. The van der Waals surface area contributed by atoms with E-state index < -0.39 is 18.4 Å². The summed E-state index contributed by atoms with van der Waals surface area (Å²) in [4.78, 5) is 11.3. The molecule has 0 fully saturated rings. The molecule has 0 bridgehead atoms. The van der Waals surface area contributed by atoms with Gasteiger partial charge in [-0.25, -0.2) is 4.39 Å². The monoisotopic (exact) mass is 296 g/mol. The summed E-state index contributed by atoms with van der Waals surface area (Å²) < 4.78 is 46.6. The van der Waals surface area contributed by atoms with Crippen molar-refractivity contribution in [1.29, 1.82) is 0 Å². The molecule has 0 atom stereocenters. The van der Waals surface area contributed by atoms with E-state index in [1.165, 1.54) is 0 Å². The number of halogens is 4. The molecule has 0 saturated heterocycles. The minimum atomic E-state index is -3.07. The molecular formula is C12H12ClF3O3. The third-order valence-electron chi connectivity index (χ3n) is 2.26. The maximum atomic E-state index is 13.6. The number of carbonyl (C=O) groups excluding carboxylic acids is 1. The summed E-state index contributed by atoms with van der Waals surface area (Å²) in [5, 5.41) is 0. The quantitative estimate of drug-likeness (QED) is 0.597. The van der Waals surface area contributed by atoms with Crippen molar-refractivity contribution in [2.75, 3.05) is 6.61 Å². The number of rotatable bonds is 6. The van der Waals surface area contributed by atoms with E-state index in [2.05, 4.69) is 4.74 Å². The fourth-order valence-electron chi connectivity index (χ4n) is 1.51. The average Bonchev–Trinajstić information content (AvgIpc) is 2.27. The topological polar surface area (TPSA) is 35.5 Å². The molecule has 0 unspecified atom stereocenters. The largest absolute Gasteiger partial charge is 0.466 e. The van der Waals surface area contributed by atoms with E-state index in [1.54, 1.807) is 6.92 Å². The zero-order chi connectivity index (χ0) is 14.4. The Balaban J connectivity index is 3.04. The Morgan fingerprint density at radius 2 is 2.11 bits per heavy atom. The lowest BCUT2D eigenvalue weighted by Crippen LogP contribution is -2.11. The van der Waals surface area contributed by atoms with Gasteiger partial charge < -0.3 is 9.47 Å². The zero-order valence-electron chi connectivity index (χ0n) is 10.1. The molecule has 0 amide bonds. The smallest absolute Gasteiger partial charge is 0.387 e. The highest BCUT2D eigenvalue weighted by Gasteiger charge is 2.16. The van der Waals surface area contributed by atoms with Crippen LogP contribution in [0.3, 0.4) is 0 Å². The van der Waals surface area contributed by atoms with Crippen LogP contribution in [0.2, 0.25) is 0 Å². The van der Waals surface area contributed by atoms with Crippen molar-refractivity contribution in [1.82, 2.24) is 0 Å². The summed E-state index contributed by atoms with van der Waals surface area (Å²) in [6.45, 7) is -1.28. The molecule has 19 heavy (non-hydrogen) atoms. The summed E-state index contributed by atoms with van der Waals surface area (Å²) in [5.74, 6) is -1.94. The van der Waals surface area contributed by atoms with Gasteiger partial charge in [0.05, 0.1) is 18.9 Å². The molecule has 1 aromatic carbocycles. The Morgan fingerprint density at radius 1 is 1.42 bits per heavy atom. The third-order valence-corrected chi connectivity index (χ3v) is 2.53. The van der Waals surface area contributed by atoms with E-state index in [1.807, 2.05) is 0 Å². The van der Waals surface area contributed by atoms with Gasteiger partial charge in [0, 0.05) is 11.6 Å². The molecule has 0 heterocycles. The Morgan fingerprint density at radius 3 is 2.63 bits per heavy atom. The molecule has 7 heteroatoms. The van der Waals surface area contributed by atoms with Gasteiger partial charge in [0.2, 0.25) is 0 Å². The molecule has 0 spiro atoms. The van der Waals surface area contributed by atoms with Crippen LogP contribution in [-0.4, -0.2) is 19.2 Å². The Hall–Kier alpha value is -1.43. The van der Waals surface area contributed by atoms with Crippen molar-refractivity contribution in [3.05, 3.63) is 29.1 Å². The minimum absolute atomic E-state index is 0.0661. The molecule has 1 aromatic rings. The molecule has 0 aromatic heterocycles. The lowest BCUT2D eigenvalue weighted by Gasteiger charge is -2.11. The van der Waals surface area contributed by atoms with E-state index in [-0.39, 0.29) is 35.8 Å². The van der Waals surface area contributed by atoms with Gasteiger partial charge >= 0.3 is 12.6 Å². The van der Waals surface area contributed by atoms with Gasteiger partial charge in [-0.3, -0.25) is 4.79 Å². The number of hydrogen-bond donors (Lipinski definition) is 0. The average molecular weight is 297 g/mol. The van der Waals surface area contributed by atoms with Crippen LogP contribution >= 0.6 is 11.6 Å². The first-order valence-electron chi connectivity index (χ1n) is 5.45. The van der Waals surface area contributed by atoms with Crippen LogP contribution < -0.4 is 4.74 Å². The van der Waals surface area contributed by atoms with Crippen molar-refractivity contribution >= 4 is 17.6 Å². The number of esters is 1. The van der Waals surface area contributed by atoms with Gasteiger partial charge in [0.25, 0.3) is 0 Å². The normalized spacial score (nSPS) is 10.6. The number of hydrogen-bond acceptors (Lipinski definition) is 3. The molecule has 0 aliphatic heterocycles. The first-order chi connectivity index (χ1) is 8.97. The first-order valence-corrected chi connectivity index (χ1v) is 5.99. The molecule has 1 rings (SSSR count). The Bertz CT molecular complexity index is 452. The molecule has 0 N–H and O–H groups in total. The second kappa shape index (κ2) is 7.23. The van der Waals surface area contributed by atoms with E-state index >= 15 is 0 Å². The van der Waals surface area contributed by atoms with Gasteiger partial charge in [-0.15, -0.1) is 11.6 Å². The highest BCUT2D eigenvalue weighted by molar-refractivity contribution is 6.17. The lowest BCUT2D eigenvalue weighted by molar-refractivity contribution is -0.142. The first kappa shape index (κ1) is 15.6. The van der Waals surface area contributed by atoms with Crippen LogP contribution in [0.4, 0.5) is 13.2 Å². The second-order valence-electron chi connectivity index (χ2n) is 3.54. The van der Waals surface area contributed by atoms with Crippen LogP contribution in [0.25, 0.3) is 0 Å². The molecule has 0 radical (unpaired) electrons. The van der Waals surface area contributed by atoms with Crippen LogP contribution in [-0.2, 0) is 21.8 Å². The number of ether oxygens (including phenoxy) is 2. The predicted molar refractivity (Wildman–Crippen MR) is 62.9 cm³/mol.